The standard InChI is InChI=1S/C12H11FN2OS/c1-8-14-11(7-17-8)6-12(16)15-10-4-2-3-9(13)5-10/h2-5,7H,6H2,1H3,(H,15,16). The minimum atomic E-state index is -0.368. The molecule has 0 aliphatic heterocycles. The van der Waals surface area contributed by atoms with Crippen molar-refractivity contribution in [1.82, 2.24) is 4.98 Å². The molecule has 1 amide bonds. The first-order valence-electron chi connectivity index (χ1n) is 5.10. The molecule has 0 fully saturated rings. The van der Waals surface area contributed by atoms with Crippen LogP contribution in [-0.2, 0) is 11.2 Å². The van der Waals surface area contributed by atoms with Crippen LogP contribution in [0.25, 0.3) is 0 Å². The number of amides is 1. The van der Waals surface area contributed by atoms with Crippen LogP contribution in [0.2, 0.25) is 0 Å². The number of nitrogens with zero attached hydrogens (tertiary/aromatic N) is 1. The highest BCUT2D eigenvalue weighted by atomic mass is 32.1. The molecule has 88 valence electrons. The van der Waals surface area contributed by atoms with E-state index < -0.39 is 0 Å². The molecule has 2 rings (SSSR count). The van der Waals surface area contributed by atoms with Gasteiger partial charge in [-0.3, -0.25) is 4.79 Å². The number of thiazole rings is 1. The van der Waals surface area contributed by atoms with Gasteiger partial charge in [-0.25, -0.2) is 9.37 Å². The van der Waals surface area contributed by atoms with Gasteiger partial charge in [0.2, 0.25) is 5.91 Å². The molecule has 0 bridgehead atoms. The fraction of sp³-hybridized carbons (Fsp3) is 0.167. The topological polar surface area (TPSA) is 42.0 Å². The molecule has 2 aromatic rings. The summed E-state index contributed by atoms with van der Waals surface area (Å²) >= 11 is 1.50. The van der Waals surface area contributed by atoms with Crippen molar-refractivity contribution >= 4 is 22.9 Å². The van der Waals surface area contributed by atoms with E-state index in [0.717, 1.165) is 10.7 Å². The van der Waals surface area contributed by atoms with Gasteiger partial charge in [0.05, 0.1) is 17.1 Å². The number of aryl methyl sites for hydroxylation is 1. The van der Waals surface area contributed by atoms with Gasteiger partial charge in [-0.05, 0) is 25.1 Å². The van der Waals surface area contributed by atoms with Crippen LogP contribution < -0.4 is 5.32 Å². The Balaban J connectivity index is 1.98. The maximum atomic E-state index is 12.9. The van der Waals surface area contributed by atoms with Crippen LogP contribution in [0.4, 0.5) is 10.1 Å². The first-order chi connectivity index (χ1) is 8.13. The predicted molar refractivity (Wildman–Crippen MR) is 65.6 cm³/mol. The molecule has 0 saturated carbocycles. The minimum Gasteiger partial charge on any atom is -0.326 e. The Kier molecular flexibility index (Phi) is 3.49. The van der Waals surface area contributed by atoms with E-state index in [1.807, 2.05) is 12.3 Å². The predicted octanol–water partition coefficient (Wildman–Crippen LogP) is 2.77. The van der Waals surface area contributed by atoms with E-state index >= 15 is 0 Å². The number of rotatable bonds is 3. The van der Waals surface area contributed by atoms with Crippen LogP contribution in [0.15, 0.2) is 29.6 Å². The zero-order valence-electron chi connectivity index (χ0n) is 9.24. The van der Waals surface area contributed by atoms with Gasteiger partial charge in [0.15, 0.2) is 0 Å². The average molecular weight is 250 g/mol. The Morgan fingerprint density at radius 3 is 3.00 bits per heavy atom. The van der Waals surface area contributed by atoms with Crippen molar-refractivity contribution in [3.8, 4) is 0 Å². The van der Waals surface area contributed by atoms with Crippen molar-refractivity contribution in [1.29, 1.82) is 0 Å². The molecule has 17 heavy (non-hydrogen) atoms. The Morgan fingerprint density at radius 1 is 1.53 bits per heavy atom. The van der Waals surface area contributed by atoms with Crippen LogP contribution >= 0.6 is 11.3 Å². The molecule has 5 heteroatoms. The summed E-state index contributed by atoms with van der Waals surface area (Å²) in [6.07, 6.45) is 0.209. The van der Waals surface area contributed by atoms with Gasteiger partial charge in [-0.1, -0.05) is 6.07 Å². The van der Waals surface area contributed by atoms with Gasteiger partial charge in [-0.2, -0.15) is 0 Å². The molecule has 0 radical (unpaired) electrons. The SMILES string of the molecule is Cc1nc(CC(=O)Nc2cccc(F)c2)cs1. The zero-order chi connectivity index (χ0) is 12.3. The molecule has 0 aliphatic carbocycles. The number of carbonyl (C=O) groups is 1. The third kappa shape index (κ3) is 3.35. The largest absolute Gasteiger partial charge is 0.326 e. The summed E-state index contributed by atoms with van der Waals surface area (Å²) in [5, 5.41) is 5.40. The summed E-state index contributed by atoms with van der Waals surface area (Å²) in [7, 11) is 0. The van der Waals surface area contributed by atoms with Crippen molar-refractivity contribution in [2.75, 3.05) is 5.32 Å². The Bertz CT molecular complexity index is 539. The maximum Gasteiger partial charge on any atom is 0.230 e. The molecule has 1 N–H and O–H groups in total. The lowest BCUT2D eigenvalue weighted by Gasteiger charge is -2.03. The second-order valence-corrected chi connectivity index (χ2v) is 4.66. The Morgan fingerprint density at radius 2 is 2.35 bits per heavy atom. The van der Waals surface area contributed by atoms with Crippen molar-refractivity contribution in [3.63, 3.8) is 0 Å². The number of benzene rings is 1. The smallest absolute Gasteiger partial charge is 0.230 e. The number of hydrogen-bond donors (Lipinski definition) is 1. The number of hydrogen-bond acceptors (Lipinski definition) is 3. The lowest BCUT2D eigenvalue weighted by molar-refractivity contribution is -0.115. The second-order valence-electron chi connectivity index (χ2n) is 3.59. The molecule has 0 atom stereocenters. The Labute approximate surface area is 102 Å². The first-order valence-corrected chi connectivity index (χ1v) is 5.98. The number of aromatic nitrogens is 1. The van der Waals surface area contributed by atoms with Gasteiger partial charge in [0, 0.05) is 11.1 Å². The molecule has 0 spiro atoms. The summed E-state index contributed by atoms with van der Waals surface area (Å²) in [5.41, 5.74) is 1.20. The quantitative estimate of drug-likeness (QED) is 0.910. The van der Waals surface area contributed by atoms with Gasteiger partial charge >= 0.3 is 0 Å². The van der Waals surface area contributed by atoms with Crippen LogP contribution in [0, 0.1) is 12.7 Å². The molecular weight excluding hydrogens is 239 g/mol. The zero-order valence-corrected chi connectivity index (χ0v) is 10.1. The van der Waals surface area contributed by atoms with E-state index in [-0.39, 0.29) is 18.1 Å². The van der Waals surface area contributed by atoms with Crippen molar-refractivity contribution in [2.24, 2.45) is 0 Å². The van der Waals surface area contributed by atoms with E-state index in [4.69, 9.17) is 0 Å². The molecule has 0 saturated heterocycles. The number of nitrogens with one attached hydrogen (secondary N) is 1. The fourth-order valence-electron chi connectivity index (χ4n) is 1.43. The summed E-state index contributed by atoms with van der Waals surface area (Å²) in [5.74, 6) is -0.562. The van der Waals surface area contributed by atoms with Gasteiger partial charge in [0.1, 0.15) is 5.82 Å². The van der Waals surface area contributed by atoms with Crippen LogP contribution in [0.5, 0.6) is 0 Å². The minimum absolute atomic E-state index is 0.194. The monoisotopic (exact) mass is 250 g/mol. The maximum absolute atomic E-state index is 12.9. The molecule has 0 aliphatic rings. The molecule has 1 aromatic carbocycles. The summed E-state index contributed by atoms with van der Waals surface area (Å²) in [6.45, 7) is 1.89. The lowest BCUT2D eigenvalue weighted by Crippen LogP contribution is -2.14. The third-order valence-corrected chi connectivity index (χ3v) is 2.94. The molecule has 3 nitrogen and oxygen atoms in total. The highest BCUT2D eigenvalue weighted by Crippen LogP contribution is 2.11. The first kappa shape index (κ1) is 11.7. The highest BCUT2D eigenvalue weighted by Gasteiger charge is 2.07. The average Bonchev–Trinajstić information content (AvgIpc) is 2.63. The van der Waals surface area contributed by atoms with Crippen LogP contribution in [0.1, 0.15) is 10.7 Å². The number of halogens is 1. The normalized spacial score (nSPS) is 10.2. The van der Waals surface area contributed by atoms with E-state index in [1.54, 1.807) is 12.1 Å². The van der Waals surface area contributed by atoms with Crippen LogP contribution in [-0.4, -0.2) is 10.9 Å². The van der Waals surface area contributed by atoms with Gasteiger partial charge < -0.3 is 5.32 Å². The number of carbonyl (C=O) groups excluding carboxylic acids is 1. The second kappa shape index (κ2) is 5.05. The van der Waals surface area contributed by atoms with E-state index in [9.17, 15) is 9.18 Å². The van der Waals surface area contributed by atoms with Gasteiger partial charge in [0.25, 0.3) is 0 Å². The van der Waals surface area contributed by atoms with E-state index in [2.05, 4.69) is 10.3 Å². The van der Waals surface area contributed by atoms with Gasteiger partial charge in [-0.15, -0.1) is 11.3 Å². The van der Waals surface area contributed by atoms with Crippen molar-refractivity contribution < 1.29 is 9.18 Å². The van der Waals surface area contributed by atoms with Crippen molar-refractivity contribution in [3.05, 3.63) is 46.2 Å². The summed E-state index contributed by atoms with van der Waals surface area (Å²) in [4.78, 5) is 15.8. The highest BCUT2D eigenvalue weighted by molar-refractivity contribution is 7.09. The summed E-state index contributed by atoms with van der Waals surface area (Å²) < 4.78 is 12.9. The third-order valence-electron chi connectivity index (χ3n) is 2.12. The molecule has 1 heterocycles. The molecular formula is C12H11FN2OS. The Hall–Kier alpha value is -1.75. The molecule has 0 unspecified atom stereocenters. The van der Waals surface area contributed by atoms with Crippen LogP contribution in [0.3, 0.4) is 0 Å². The fourth-order valence-corrected chi connectivity index (χ4v) is 2.04. The van der Waals surface area contributed by atoms with E-state index in [1.165, 1.54) is 23.5 Å². The number of anilines is 1. The summed E-state index contributed by atoms with van der Waals surface area (Å²) in [6, 6.07) is 5.81. The molecule has 1 aromatic heterocycles. The van der Waals surface area contributed by atoms with E-state index in [0.29, 0.717) is 5.69 Å². The lowest BCUT2D eigenvalue weighted by atomic mass is 10.3. The van der Waals surface area contributed by atoms with Crippen molar-refractivity contribution in [2.45, 2.75) is 13.3 Å².